The Labute approximate surface area is 133 Å². The van der Waals surface area contributed by atoms with Gasteiger partial charge in [0.1, 0.15) is 0 Å². The Morgan fingerprint density at radius 1 is 1.48 bits per heavy atom. The van der Waals surface area contributed by atoms with Crippen LogP contribution in [0.1, 0.15) is 25.3 Å². The van der Waals surface area contributed by atoms with Gasteiger partial charge in [-0.1, -0.05) is 18.1 Å². The van der Waals surface area contributed by atoms with E-state index in [0.717, 1.165) is 12.8 Å². The van der Waals surface area contributed by atoms with Crippen molar-refractivity contribution in [2.24, 2.45) is 5.41 Å². The van der Waals surface area contributed by atoms with Crippen molar-refractivity contribution in [2.75, 3.05) is 17.7 Å². The lowest BCUT2D eigenvalue weighted by molar-refractivity contribution is 0.204. The highest BCUT2D eigenvalue weighted by atomic mass is 16.3. The number of aliphatic hydroxyl groups is 1. The molecule has 0 aliphatic heterocycles. The zero-order chi connectivity index (χ0) is 16.0. The summed E-state index contributed by atoms with van der Waals surface area (Å²) in [6.45, 7) is -0.0747. The number of allylic oxidation sites excluding steroid dienone is 1. The second-order valence-electron chi connectivity index (χ2n) is 6.26. The summed E-state index contributed by atoms with van der Waals surface area (Å²) >= 11 is 0. The third-order valence-electron chi connectivity index (χ3n) is 4.49. The van der Waals surface area contributed by atoms with E-state index in [1.807, 2.05) is 16.7 Å². The number of fused-ring (bicyclic) bond motifs is 1. The molecule has 7 nitrogen and oxygen atoms in total. The summed E-state index contributed by atoms with van der Waals surface area (Å²) in [5, 5.41) is 12.9. The number of anilines is 2. The summed E-state index contributed by atoms with van der Waals surface area (Å²) < 4.78 is 1.94. The third kappa shape index (κ3) is 2.32. The molecule has 0 saturated heterocycles. The minimum absolute atomic E-state index is 0.00808. The molecule has 0 bridgehead atoms. The smallest absolute Gasteiger partial charge is 0.224 e. The molecular formula is C16H18N6O. The van der Waals surface area contributed by atoms with E-state index in [1.54, 1.807) is 6.33 Å². The van der Waals surface area contributed by atoms with Crippen molar-refractivity contribution in [1.29, 1.82) is 0 Å². The van der Waals surface area contributed by atoms with Crippen LogP contribution in [-0.2, 0) is 0 Å². The van der Waals surface area contributed by atoms with Gasteiger partial charge >= 0.3 is 0 Å². The predicted molar refractivity (Wildman–Crippen MR) is 87.5 cm³/mol. The second-order valence-corrected chi connectivity index (χ2v) is 6.26. The summed E-state index contributed by atoms with van der Waals surface area (Å²) in [7, 11) is 0. The Kier molecular flexibility index (Phi) is 3.03. The van der Waals surface area contributed by atoms with Crippen LogP contribution in [0.2, 0.25) is 0 Å². The topological polar surface area (TPSA) is 102 Å². The average molecular weight is 310 g/mol. The van der Waals surface area contributed by atoms with Gasteiger partial charge in [-0.15, -0.1) is 6.42 Å². The van der Waals surface area contributed by atoms with Crippen LogP contribution >= 0.6 is 0 Å². The molecule has 1 saturated carbocycles. The molecule has 2 aliphatic rings. The van der Waals surface area contributed by atoms with Crippen molar-refractivity contribution < 1.29 is 5.11 Å². The minimum Gasteiger partial charge on any atom is -0.394 e. The molecule has 2 aromatic rings. The van der Waals surface area contributed by atoms with Crippen LogP contribution in [0.25, 0.3) is 11.2 Å². The van der Waals surface area contributed by atoms with E-state index in [0.29, 0.717) is 29.4 Å². The predicted octanol–water partition coefficient (Wildman–Crippen LogP) is 1.10. The van der Waals surface area contributed by atoms with Gasteiger partial charge in [-0.05, 0) is 19.3 Å². The van der Waals surface area contributed by atoms with E-state index in [9.17, 15) is 5.11 Å². The number of nitrogens with zero attached hydrogens (tertiary/aromatic N) is 4. The monoisotopic (exact) mass is 310 g/mol. The lowest BCUT2D eigenvalue weighted by atomic mass is 9.89. The molecule has 2 aromatic heterocycles. The van der Waals surface area contributed by atoms with Gasteiger partial charge in [0.25, 0.3) is 0 Å². The van der Waals surface area contributed by atoms with Crippen molar-refractivity contribution in [2.45, 2.75) is 31.3 Å². The first-order chi connectivity index (χ1) is 11.1. The number of imidazole rings is 1. The highest BCUT2D eigenvalue weighted by Gasteiger charge is 2.34. The molecule has 0 amide bonds. The van der Waals surface area contributed by atoms with Crippen LogP contribution in [0.15, 0.2) is 18.5 Å². The molecule has 118 valence electrons. The number of hydrogen-bond acceptors (Lipinski definition) is 6. The van der Waals surface area contributed by atoms with Gasteiger partial charge in [-0.25, -0.2) is 4.98 Å². The van der Waals surface area contributed by atoms with Crippen molar-refractivity contribution in [3.8, 4) is 12.3 Å². The first kappa shape index (κ1) is 14.0. The molecule has 0 spiro atoms. The number of nitrogens with one attached hydrogen (secondary N) is 1. The maximum Gasteiger partial charge on any atom is 0.224 e. The third-order valence-corrected chi connectivity index (χ3v) is 4.49. The maximum absolute atomic E-state index is 9.57. The van der Waals surface area contributed by atoms with Gasteiger partial charge in [0.2, 0.25) is 5.95 Å². The average Bonchev–Trinajstić information content (AvgIpc) is 3.11. The first-order valence-electron chi connectivity index (χ1n) is 7.69. The van der Waals surface area contributed by atoms with Crippen LogP contribution in [0.3, 0.4) is 0 Å². The molecular weight excluding hydrogens is 292 g/mol. The number of nitrogens with two attached hydrogens (primary N) is 1. The van der Waals surface area contributed by atoms with E-state index >= 15 is 0 Å². The summed E-state index contributed by atoms with van der Waals surface area (Å²) in [6, 6.07) is 0.443. The standard InChI is InChI=1S/C16H18N6O/c1-2-16(8-23)6-5-11(7-16)22-9-18-12-13(19-10-3-4-10)20-15(17)21-14(12)22/h1,5-6,9-11,23H,3-4,7-8H2,(H3,17,19,20,21). The largest absolute Gasteiger partial charge is 0.394 e. The number of rotatable bonds is 4. The number of aliphatic hydroxyl groups excluding tert-OH is 1. The van der Waals surface area contributed by atoms with Crippen LogP contribution in [-0.4, -0.2) is 37.3 Å². The molecule has 0 radical (unpaired) electrons. The van der Waals surface area contributed by atoms with E-state index in [-0.39, 0.29) is 18.6 Å². The summed E-state index contributed by atoms with van der Waals surface area (Å²) in [6.07, 6.45) is 14.1. The normalized spacial score (nSPS) is 26.5. The van der Waals surface area contributed by atoms with Gasteiger partial charge in [0.05, 0.1) is 24.4 Å². The van der Waals surface area contributed by atoms with Crippen LogP contribution in [0.4, 0.5) is 11.8 Å². The second kappa shape index (κ2) is 4.96. The number of terminal acetylenes is 1. The SMILES string of the molecule is C#CC1(CO)C=CC(n2cnc3c(NC4CC4)nc(N)nc32)C1. The summed E-state index contributed by atoms with van der Waals surface area (Å²) in [5.74, 6) is 3.58. The fourth-order valence-corrected chi connectivity index (χ4v) is 2.96. The molecule has 23 heavy (non-hydrogen) atoms. The quantitative estimate of drug-likeness (QED) is 0.577. The van der Waals surface area contributed by atoms with E-state index in [1.165, 1.54) is 0 Å². The number of hydrogen-bond donors (Lipinski definition) is 3. The summed E-state index contributed by atoms with van der Waals surface area (Å²) in [5.41, 5.74) is 6.63. The molecule has 4 N–H and O–H groups in total. The highest BCUT2D eigenvalue weighted by Crippen LogP contribution is 2.39. The molecule has 2 aliphatic carbocycles. The molecule has 4 rings (SSSR count). The van der Waals surface area contributed by atoms with E-state index in [4.69, 9.17) is 12.2 Å². The number of nitrogen functional groups attached to an aromatic ring is 1. The van der Waals surface area contributed by atoms with Crippen LogP contribution in [0.5, 0.6) is 0 Å². The molecule has 2 unspecified atom stereocenters. The van der Waals surface area contributed by atoms with Gasteiger partial charge < -0.3 is 20.7 Å². The van der Waals surface area contributed by atoms with Gasteiger partial charge in [-0.2, -0.15) is 9.97 Å². The van der Waals surface area contributed by atoms with Gasteiger partial charge in [0, 0.05) is 6.04 Å². The van der Waals surface area contributed by atoms with Crippen molar-refractivity contribution in [3.63, 3.8) is 0 Å². The summed E-state index contributed by atoms with van der Waals surface area (Å²) in [4.78, 5) is 13.1. The zero-order valence-corrected chi connectivity index (χ0v) is 12.6. The molecule has 1 fully saturated rings. The minimum atomic E-state index is -0.616. The lowest BCUT2D eigenvalue weighted by Gasteiger charge is -2.20. The fraction of sp³-hybridized carbons (Fsp3) is 0.438. The van der Waals surface area contributed by atoms with Gasteiger partial charge in [0.15, 0.2) is 17.0 Å². The first-order valence-corrected chi connectivity index (χ1v) is 7.69. The molecule has 2 atom stereocenters. The van der Waals surface area contributed by atoms with E-state index < -0.39 is 5.41 Å². The Bertz CT molecular complexity index is 831. The van der Waals surface area contributed by atoms with Crippen LogP contribution in [0, 0.1) is 17.8 Å². The Balaban J connectivity index is 1.73. The molecule has 7 heteroatoms. The molecule has 0 aromatic carbocycles. The zero-order valence-electron chi connectivity index (χ0n) is 12.6. The Morgan fingerprint density at radius 3 is 2.96 bits per heavy atom. The fourth-order valence-electron chi connectivity index (χ4n) is 2.96. The van der Waals surface area contributed by atoms with Crippen molar-refractivity contribution in [3.05, 3.63) is 18.5 Å². The van der Waals surface area contributed by atoms with Crippen molar-refractivity contribution >= 4 is 22.9 Å². The Hall–Kier alpha value is -2.59. The Morgan fingerprint density at radius 2 is 2.30 bits per heavy atom. The molecule has 2 heterocycles. The van der Waals surface area contributed by atoms with E-state index in [2.05, 4.69) is 26.2 Å². The number of aromatic nitrogens is 4. The maximum atomic E-state index is 9.57. The highest BCUT2D eigenvalue weighted by molar-refractivity contribution is 5.84. The van der Waals surface area contributed by atoms with Gasteiger partial charge in [-0.3, -0.25) is 0 Å². The van der Waals surface area contributed by atoms with Crippen molar-refractivity contribution in [1.82, 2.24) is 19.5 Å². The lowest BCUT2D eigenvalue weighted by Crippen LogP contribution is -2.20. The van der Waals surface area contributed by atoms with Crippen LogP contribution < -0.4 is 11.1 Å².